The number of aryl methyl sites for hydroxylation is 1. The molecule has 0 unspecified atom stereocenters. The van der Waals surface area contributed by atoms with Crippen LogP contribution in [0.25, 0.3) is 0 Å². The number of ketones is 1. The predicted octanol–water partition coefficient (Wildman–Crippen LogP) is 1.79. The predicted molar refractivity (Wildman–Crippen MR) is 56.7 cm³/mol. The molecule has 0 saturated heterocycles. The number of rotatable bonds is 3. The fourth-order valence-corrected chi connectivity index (χ4v) is 1.24. The van der Waals surface area contributed by atoms with Gasteiger partial charge in [0.05, 0.1) is 5.69 Å². The molecule has 0 saturated carbocycles. The molecule has 3 nitrogen and oxygen atoms in total. The van der Waals surface area contributed by atoms with Gasteiger partial charge in [-0.3, -0.25) is 14.8 Å². The Morgan fingerprint density at radius 1 is 1.57 bits per heavy atom. The first kappa shape index (κ1) is 10.6. The van der Waals surface area contributed by atoms with Gasteiger partial charge in [0, 0.05) is 19.7 Å². The van der Waals surface area contributed by atoms with E-state index in [0.29, 0.717) is 18.0 Å². The van der Waals surface area contributed by atoms with E-state index in [1.54, 1.807) is 6.20 Å². The van der Waals surface area contributed by atoms with Crippen molar-refractivity contribution in [3.63, 3.8) is 0 Å². The largest absolute Gasteiger partial charge is 0.293 e. The average molecular weight is 190 g/mol. The van der Waals surface area contributed by atoms with E-state index >= 15 is 0 Å². The Morgan fingerprint density at radius 2 is 2.29 bits per heavy atom. The van der Waals surface area contributed by atoms with Crippen molar-refractivity contribution in [2.75, 3.05) is 6.54 Å². The third-order valence-corrected chi connectivity index (χ3v) is 1.88. The van der Waals surface area contributed by atoms with Gasteiger partial charge in [0.2, 0.25) is 0 Å². The molecule has 0 aliphatic heterocycles. The Labute approximate surface area is 83.9 Å². The summed E-state index contributed by atoms with van der Waals surface area (Å²) in [5.41, 5.74) is 2.15. The summed E-state index contributed by atoms with van der Waals surface area (Å²) in [4.78, 5) is 19.6. The molecule has 0 radical (unpaired) electrons. The maximum Gasteiger partial charge on any atom is 0.179 e. The second kappa shape index (κ2) is 4.65. The SMILES string of the molecule is CCN=C(C(C)=O)c1ncccc1C. The maximum atomic E-state index is 11.3. The minimum Gasteiger partial charge on any atom is -0.293 e. The highest BCUT2D eigenvalue weighted by molar-refractivity contribution is 6.45. The molecule has 1 heterocycles. The van der Waals surface area contributed by atoms with Crippen LogP contribution in [0.1, 0.15) is 25.1 Å². The molecular weight excluding hydrogens is 176 g/mol. The van der Waals surface area contributed by atoms with E-state index in [0.717, 1.165) is 5.56 Å². The summed E-state index contributed by atoms with van der Waals surface area (Å²) in [7, 11) is 0. The smallest absolute Gasteiger partial charge is 0.179 e. The van der Waals surface area contributed by atoms with E-state index in [9.17, 15) is 4.79 Å². The number of carbonyl (C=O) groups excluding carboxylic acids is 1. The molecule has 0 bridgehead atoms. The van der Waals surface area contributed by atoms with Crippen LogP contribution >= 0.6 is 0 Å². The fourth-order valence-electron chi connectivity index (χ4n) is 1.24. The van der Waals surface area contributed by atoms with Gasteiger partial charge in [-0.25, -0.2) is 0 Å². The Balaban J connectivity index is 3.19. The molecule has 14 heavy (non-hydrogen) atoms. The molecule has 0 aliphatic carbocycles. The zero-order valence-electron chi connectivity index (χ0n) is 8.74. The van der Waals surface area contributed by atoms with Crippen molar-refractivity contribution in [2.45, 2.75) is 20.8 Å². The lowest BCUT2D eigenvalue weighted by Crippen LogP contribution is -2.15. The van der Waals surface area contributed by atoms with E-state index in [4.69, 9.17) is 0 Å². The highest BCUT2D eigenvalue weighted by Gasteiger charge is 2.11. The van der Waals surface area contributed by atoms with Crippen LogP contribution in [0, 0.1) is 6.92 Å². The van der Waals surface area contributed by atoms with Crippen molar-refractivity contribution in [3.8, 4) is 0 Å². The van der Waals surface area contributed by atoms with E-state index in [2.05, 4.69) is 9.98 Å². The van der Waals surface area contributed by atoms with Crippen molar-refractivity contribution in [2.24, 2.45) is 4.99 Å². The standard InChI is InChI=1S/C11H14N2O/c1-4-12-11(9(3)14)10-8(2)6-5-7-13-10/h5-7H,4H2,1-3H3. The first-order chi connectivity index (χ1) is 6.66. The second-order valence-corrected chi connectivity index (χ2v) is 3.05. The summed E-state index contributed by atoms with van der Waals surface area (Å²) >= 11 is 0. The molecule has 0 aromatic carbocycles. The van der Waals surface area contributed by atoms with E-state index < -0.39 is 0 Å². The summed E-state index contributed by atoms with van der Waals surface area (Å²) in [5.74, 6) is -0.0337. The first-order valence-corrected chi connectivity index (χ1v) is 4.64. The van der Waals surface area contributed by atoms with Crippen LogP contribution in [0.15, 0.2) is 23.3 Å². The number of aromatic nitrogens is 1. The third kappa shape index (κ3) is 2.25. The Hall–Kier alpha value is -1.51. The van der Waals surface area contributed by atoms with Gasteiger partial charge in [-0.1, -0.05) is 6.07 Å². The van der Waals surface area contributed by atoms with Crippen LogP contribution in [0.4, 0.5) is 0 Å². The molecule has 1 rings (SSSR count). The molecule has 0 N–H and O–H groups in total. The lowest BCUT2D eigenvalue weighted by atomic mass is 10.1. The summed E-state index contributed by atoms with van der Waals surface area (Å²) in [5, 5.41) is 0. The topological polar surface area (TPSA) is 42.3 Å². The monoisotopic (exact) mass is 190 g/mol. The molecule has 0 fully saturated rings. The number of aliphatic imine (C=N–C) groups is 1. The Kier molecular flexibility index (Phi) is 3.51. The lowest BCUT2D eigenvalue weighted by Gasteiger charge is -2.04. The molecule has 1 aromatic rings. The highest BCUT2D eigenvalue weighted by atomic mass is 16.1. The van der Waals surface area contributed by atoms with E-state index in [1.165, 1.54) is 6.92 Å². The van der Waals surface area contributed by atoms with Crippen LogP contribution in [-0.4, -0.2) is 23.0 Å². The van der Waals surface area contributed by atoms with Crippen LogP contribution in [-0.2, 0) is 4.79 Å². The zero-order valence-corrected chi connectivity index (χ0v) is 8.74. The molecule has 74 valence electrons. The van der Waals surface area contributed by atoms with Crippen molar-refractivity contribution < 1.29 is 4.79 Å². The van der Waals surface area contributed by atoms with Crippen LogP contribution in [0.3, 0.4) is 0 Å². The van der Waals surface area contributed by atoms with Crippen molar-refractivity contribution in [3.05, 3.63) is 29.6 Å². The van der Waals surface area contributed by atoms with Crippen molar-refractivity contribution in [1.29, 1.82) is 0 Å². The number of hydrogen-bond donors (Lipinski definition) is 0. The molecule has 3 heteroatoms. The number of pyridine rings is 1. The van der Waals surface area contributed by atoms with Gasteiger partial charge >= 0.3 is 0 Å². The van der Waals surface area contributed by atoms with Gasteiger partial charge in [0.1, 0.15) is 5.71 Å². The zero-order chi connectivity index (χ0) is 10.6. The normalized spacial score (nSPS) is 11.5. The van der Waals surface area contributed by atoms with Gasteiger partial charge in [0.15, 0.2) is 5.78 Å². The fraction of sp³-hybridized carbons (Fsp3) is 0.364. The van der Waals surface area contributed by atoms with Crippen LogP contribution < -0.4 is 0 Å². The van der Waals surface area contributed by atoms with Crippen molar-refractivity contribution >= 4 is 11.5 Å². The van der Waals surface area contributed by atoms with Gasteiger partial charge in [-0.05, 0) is 25.5 Å². The van der Waals surface area contributed by atoms with Crippen molar-refractivity contribution in [1.82, 2.24) is 4.98 Å². The number of carbonyl (C=O) groups is 1. The second-order valence-electron chi connectivity index (χ2n) is 3.05. The quantitative estimate of drug-likeness (QED) is 0.682. The first-order valence-electron chi connectivity index (χ1n) is 4.64. The Bertz CT molecular complexity index is 369. The Morgan fingerprint density at radius 3 is 2.79 bits per heavy atom. The van der Waals surface area contributed by atoms with Gasteiger partial charge in [-0.15, -0.1) is 0 Å². The minimum absolute atomic E-state index is 0.0337. The number of Topliss-reactive ketones (excluding diaryl/α,β-unsaturated/α-hetero) is 1. The molecule has 1 aromatic heterocycles. The average Bonchev–Trinajstić information content (AvgIpc) is 2.15. The summed E-state index contributed by atoms with van der Waals surface area (Å²) in [6.07, 6.45) is 1.68. The van der Waals surface area contributed by atoms with Gasteiger partial charge in [-0.2, -0.15) is 0 Å². The number of nitrogens with zero attached hydrogens (tertiary/aromatic N) is 2. The lowest BCUT2D eigenvalue weighted by molar-refractivity contribution is -0.111. The molecule has 0 amide bonds. The van der Waals surface area contributed by atoms with Crippen LogP contribution in [0.5, 0.6) is 0 Å². The summed E-state index contributed by atoms with van der Waals surface area (Å²) < 4.78 is 0. The highest BCUT2D eigenvalue weighted by Crippen LogP contribution is 2.05. The molecule has 0 spiro atoms. The van der Waals surface area contributed by atoms with Crippen LogP contribution in [0.2, 0.25) is 0 Å². The van der Waals surface area contributed by atoms with Gasteiger partial charge in [0.25, 0.3) is 0 Å². The van der Waals surface area contributed by atoms with Gasteiger partial charge < -0.3 is 0 Å². The molecular formula is C11H14N2O. The van der Waals surface area contributed by atoms with E-state index in [-0.39, 0.29) is 5.78 Å². The summed E-state index contributed by atoms with van der Waals surface area (Å²) in [6, 6.07) is 3.78. The third-order valence-electron chi connectivity index (χ3n) is 1.88. The number of hydrogen-bond acceptors (Lipinski definition) is 3. The molecule has 0 atom stereocenters. The summed E-state index contributed by atoms with van der Waals surface area (Å²) in [6.45, 7) is 5.95. The minimum atomic E-state index is -0.0337. The maximum absolute atomic E-state index is 11.3. The van der Waals surface area contributed by atoms with E-state index in [1.807, 2.05) is 26.0 Å². The molecule has 0 aliphatic rings.